The maximum atomic E-state index is 5.45. The summed E-state index contributed by atoms with van der Waals surface area (Å²) in [6.07, 6.45) is 1.61. The van der Waals surface area contributed by atoms with Crippen molar-refractivity contribution >= 4 is 5.95 Å². The summed E-state index contributed by atoms with van der Waals surface area (Å²) in [6, 6.07) is 8.22. The summed E-state index contributed by atoms with van der Waals surface area (Å²) < 4.78 is 1.67. The molecule has 0 spiro atoms. The third kappa shape index (κ3) is 1.98. The summed E-state index contributed by atoms with van der Waals surface area (Å²) in [4.78, 5) is 3.88. The third-order valence-corrected chi connectivity index (χ3v) is 2.33. The lowest BCUT2D eigenvalue weighted by atomic mass is 10.0. The highest BCUT2D eigenvalue weighted by atomic mass is 15.4. The van der Waals surface area contributed by atoms with Crippen LogP contribution in [0.3, 0.4) is 0 Å². The van der Waals surface area contributed by atoms with Crippen molar-refractivity contribution in [3.05, 3.63) is 36.2 Å². The maximum absolute atomic E-state index is 5.45. The van der Waals surface area contributed by atoms with Crippen LogP contribution >= 0.6 is 0 Å². The summed E-state index contributed by atoms with van der Waals surface area (Å²) in [5.74, 6) is 0.836. The fraction of sp³-hybridized carbons (Fsp3) is 0.273. The Morgan fingerprint density at radius 3 is 2.33 bits per heavy atom. The van der Waals surface area contributed by atoms with E-state index >= 15 is 0 Å². The Labute approximate surface area is 88.8 Å². The molecule has 0 bridgehead atoms. The van der Waals surface area contributed by atoms with Gasteiger partial charge in [-0.15, -0.1) is 5.10 Å². The minimum Gasteiger partial charge on any atom is -0.366 e. The molecular formula is C11H14N4. The van der Waals surface area contributed by atoms with Crippen LogP contribution in [0, 0.1) is 0 Å². The first kappa shape index (κ1) is 9.71. The van der Waals surface area contributed by atoms with E-state index in [9.17, 15) is 0 Å². The topological polar surface area (TPSA) is 56.7 Å². The Morgan fingerprint density at radius 1 is 1.20 bits per heavy atom. The predicted molar refractivity (Wildman–Crippen MR) is 59.9 cm³/mol. The van der Waals surface area contributed by atoms with Crippen LogP contribution in [-0.4, -0.2) is 14.8 Å². The van der Waals surface area contributed by atoms with Crippen molar-refractivity contribution in [1.82, 2.24) is 14.8 Å². The van der Waals surface area contributed by atoms with Crippen LogP contribution in [0.2, 0.25) is 0 Å². The molecule has 0 unspecified atom stereocenters. The molecule has 1 aromatic carbocycles. The molecule has 78 valence electrons. The van der Waals surface area contributed by atoms with E-state index in [0.29, 0.717) is 11.9 Å². The number of anilines is 1. The number of nitrogen functional groups attached to an aromatic ring is 1. The standard InChI is InChI=1S/C11H14N4/c1-8(2)9-3-5-10(6-4-9)15-7-13-11(12)14-15/h3-8H,1-2H3,(H2,12,14). The quantitative estimate of drug-likeness (QED) is 0.810. The Kier molecular flexibility index (Phi) is 2.41. The van der Waals surface area contributed by atoms with Crippen molar-refractivity contribution in [3.8, 4) is 5.69 Å². The number of hydrogen-bond acceptors (Lipinski definition) is 3. The average molecular weight is 202 g/mol. The smallest absolute Gasteiger partial charge is 0.239 e. The lowest BCUT2D eigenvalue weighted by Crippen LogP contribution is -1.96. The van der Waals surface area contributed by atoms with Crippen LogP contribution in [0.25, 0.3) is 5.69 Å². The monoisotopic (exact) mass is 202 g/mol. The van der Waals surface area contributed by atoms with E-state index < -0.39 is 0 Å². The van der Waals surface area contributed by atoms with Gasteiger partial charge < -0.3 is 5.73 Å². The summed E-state index contributed by atoms with van der Waals surface area (Å²) in [5.41, 5.74) is 7.74. The molecule has 2 N–H and O–H groups in total. The zero-order chi connectivity index (χ0) is 10.8. The molecule has 1 heterocycles. The highest BCUT2D eigenvalue weighted by Crippen LogP contribution is 2.16. The van der Waals surface area contributed by atoms with E-state index in [-0.39, 0.29) is 0 Å². The summed E-state index contributed by atoms with van der Waals surface area (Å²) in [6.45, 7) is 4.34. The maximum Gasteiger partial charge on any atom is 0.239 e. The molecule has 0 saturated heterocycles. The molecule has 0 aliphatic carbocycles. The number of aromatic nitrogens is 3. The van der Waals surface area contributed by atoms with Gasteiger partial charge in [0.15, 0.2) is 0 Å². The molecule has 2 aromatic rings. The molecular weight excluding hydrogens is 188 g/mol. The molecule has 0 saturated carbocycles. The van der Waals surface area contributed by atoms with Gasteiger partial charge in [-0.25, -0.2) is 9.67 Å². The van der Waals surface area contributed by atoms with E-state index in [0.717, 1.165) is 5.69 Å². The van der Waals surface area contributed by atoms with Crippen molar-refractivity contribution in [2.45, 2.75) is 19.8 Å². The molecule has 0 amide bonds. The van der Waals surface area contributed by atoms with Crippen LogP contribution in [0.5, 0.6) is 0 Å². The number of benzene rings is 1. The van der Waals surface area contributed by atoms with Gasteiger partial charge in [0.05, 0.1) is 5.69 Å². The van der Waals surface area contributed by atoms with Crippen LogP contribution in [-0.2, 0) is 0 Å². The zero-order valence-corrected chi connectivity index (χ0v) is 8.88. The summed E-state index contributed by atoms with van der Waals surface area (Å²) in [7, 11) is 0. The van der Waals surface area contributed by atoms with Crippen molar-refractivity contribution < 1.29 is 0 Å². The van der Waals surface area contributed by atoms with Crippen molar-refractivity contribution in [2.24, 2.45) is 0 Å². The molecule has 15 heavy (non-hydrogen) atoms. The van der Waals surface area contributed by atoms with Crippen LogP contribution in [0.4, 0.5) is 5.95 Å². The highest BCUT2D eigenvalue weighted by Gasteiger charge is 2.01. The number of nitrogens with two attached hydrogens (primary N) is 1. The zero-order valence-electron chi connectivity index (χ0n) is 8.88. The Balaban J connectivity index is 2.31. The molecule has 0 fully saturated rings. The van der Waals surface area contributed by atoms with Gasteiger partial charge in [-0.1, -0.05) is 26.0 Å². The number of rotatable bonds is 2. The molecule has 4 nitrogen and oxygen atoms in total. The number of nitrogens with zero attached hydrogens (tertiary/aromatic N) is 3. The fourth-order valence-electron chi connectivity index (χ4n) is 1.41. The van der Waals surface area contributed by atoms with Crippen LogP contribution in [0.1, 0.15) is 25.3 Å². The molecule has 1 aromatic heterocycles. The second-order valence-electron chi connectivity index (χ2n) is 3.79. The summed E-state index contributed by atoms with van der Waals surface area (Å²) >= 11 is 0. The average Bonchev–Trinajstić information content (AvgIpc) is 2.65. The minimum absolute atomic E-state index is 0.294. The first-order chi connectivity index (χ1) is 7.16. The second-order valence-corrected chi connectivity index (χ2v) is 3.79. The van der Waals surface area contributed by atoms with Gasteiger partial charge in [0.2, 0.25) is 5.95 Å². The minimum atomic E-state index is 0.294. The summed E-state index contributed by atoms with van der Waals surface area (Å²) in [5, 5.41) is 4.04. The van der Waals surface area contributed by atoms with E-state index in [1.807, 2.05) is 12.1 Å². The first-order valence-corrected chi connectivity index (χ1v) is 4.94. The van der Waals surface area contributed by atoms with Gasteiger partial charge >= 0.3 is 0 Å². The Morgan fingerprint density at radius 2 is 1.87 bits per heavy atom. The second kappa shape index (κ2) is 3.73. The van der Waals surface area contributed by atoms with E-state index in [1.165, 1.54) is 5.56 Å². The van der Waals surface area contributed by atoms with Crippen LogP contribution < -0.4 is 5.73 Å². The highest BCUT2D eigenvalue weighted by molar-refractivity contribution is 5.35. The normalized spacial score (nSPS) is 10.9. The lowest BCUT2D eigenvalue weighted by Gasteiger charge is -2.06. The Bertz CT molecular complexity index is 442. The third-order valence-electron chi connectivity index (χ3n) is 2.33. The molecule has 0 aliphatic heterocycles. The van der Waals surface area contributed by atoms with E-state index in [2.05, 4.69) is 36.1 Å². The molecule has 0 aliphatic rings. The van der Waals surface area contributed by atoms with Crippen LogP contribution in [0.15, 0.2) is 30.6 Å². The van der Waals surface area contributed by atoms with Gasteiger partial charge in [0.1, 0.15) is 6.33 Å². The fourth-order valence-corrected chi connectivity index (χ4v) is 1.41. The lowest BCUT2D eigenvalue weighted by molar-refractivity contribution is 0.854. The molecule has 0 atom stereocenters. The van der Waals surface area contributed by atoms with Gasteiger partial charge in [-0.3, -0.25) is 0 Å². The number of hydrogen-bond donors (Lipinski definition) is 1. The van der Waals surface area contributed by atoms with E-state index in [4.69, 9.17) is 5.73 Å². The predicted octanol–water partition coefficient (Wildman–Crippen LogP) is 1.97. The van der Waals surface area contributed by atoms with Crippen molar-refractivity contribution in [1.29, 1.82) is 0 Å². The van der Waals surface area contributed by atoms with Gasteiger partial charge in [-0.2, -0.15) is 0 Å². The van der Waals surface area contributed by atoms with Gasteiger partial charge in [0, 0.05) is 0 Å². The SMILES string of the molecule is CC(C)c1ccc(-n2cnc(N)n2)cc1. The Hall–Kier alpha value is -1.84. The van der Waals surface area contributed by atoms with Crippen molar-refractivity contribution in [3.63, 3.8) is 0 Å². The van der Waals surface area contributed by atoms with Gasteiger partial charge in [0.25, 0.3) is 0 Å². The largest absolute Gasteiger partial charge is 0.366 e. The molecule has 2 rings (SSSR count). The van der Waals surface area contributed by atoms with E-state index in [1.54, 1.807) is 11.0 Å². The van der Waals surface area contributed by atoms with Crippen molar-refractivity contribution in [2.75, 3.05) is 5.73 Å². The molecule has 0 radical (unpaired) electrons. The molecule has 4 heteroatoms. The van der Waals surface area contributed by atoms with Gasteiger partial charge in [-0.05, 0) is 23.6 Å². The first-order valence-electron chi connectivity index (χ1n) is 4.94.